The minimum absolute atomic E-state index is 0.271. The molecule has 1 aromatic heterocycles. The number of nitrogens with one attached hydrogen (secondary N) is 1. The summed E-state index contributed by atoms with van der Waals surface area (Å²) in [6.45, 7) is 4.49. The van der Waals surface area contributed by atoms with Gasteiger partial charge in [-0.1, -0.05) is 13.3 Å². The van der Waals surface area contributed by atoms with Gasteiger partial charge in [-0.15, -0.1) is 0 Å². The van der Waals surface area contributed by atoms with Crippen LogP contribution in [-0.4, -0.2) is 40.8 Å². The third-order valence-corrected chi connectivity index (χ3v) is 5.53. The molecule has 1 saturated carbocycles. The van der Waals surface area contributed by atoms with E-state index in [0.717, 1.165) is 43.5 Å². The van der Waals surface area contributed by atoms with Crippen LogP contribution >= 0.6 is 0 Å². The summed E-state index contributed by atoms with van der Waals surface area (Å²) in [7, 11) is 0. The zero-order valence-electron chi connectivity index (χ0n) is 14.2. The van der Waals surface area contributed by atoms with E-state index in [-0.39, 0.29) is 6.61 Å². The maximum Gasteiger partial charge on any atom is 0.134 e. The first-order valence-electron chi connectivity index (χ1n) is 9.23. The van der Waals surface area contributed by atoms with Crippen LogP contribution in [0, 0.1) is 11.8 Å². The van der Waals surface area contributed by atoms with Crippen LogP contribution in [0.25, 0.3) is 0 Å². The molecule has 1 aliphatic carbocycles. The Hall–Kier alpha value is -1.36. The van der Waals surface area contributed by atoms with Gasteiger partial charge >= 0.3 is 0 Å². The van der Waals surface area contributed by atoms with E-state index in [2.05, 4.69) is 33.2 Å². The van der Waals surface area contributed by atoms with Gasteiger partial charge in [-0.3, -0.25) is 0 Å². The van der Waals surface area contributed by atoms with Crippen LogP contribution < -0.4 is 10.2 Å². The Morgan fingerprint density at radius 3 is 2.74 bits per heavy atom. The molecule has 0 amide bonds. The molecule has 2 aliphatic rings. The quantitative estimate of drug-likeness (QED) is 0.873. The lowest BCUT2D eigenvalue weighted by molar-refractivity contribution is 0.208. The second kappa shape index (κ2) is 7.95. The van der Waals surface area contributed by atoms with Gasteiger partial charge in [0.2, 0.25) is 0 Å². The number of aliphatic hydroxyl groups is 1. The molecule has 23 heavy (non-hydrogen) atoms. The smallest absolute Gasteiger partial charge is 0.134 e. The second-order valence-electron chi connectivity index (χ2n) is 7.17. The highest BCUT2D eigenvalue weighted by atomic mass is 16.3. The number of anilines is 2. The van der Waals surface area contributed by atoms with E-state index in [1.165, 1.54) is 32.1 Å². The summed E-state index contributed by atoms with van der Waals surface area (Å²) in [6.07, 6.45) is 10.4. The average Bonchev–Trinajstić information content (AvgIpc) is 2.63. The van der Waals surface area contributed by atoms with Gasteiger partial charge in [-0.05, 0) is 50.4 Å². The summed E-state index contributed by atoms with van der Waals surface area (Å²) in [5, 5.41) is 13.0. The van der Waals surface area contributed by atoms with Crippen molar-refractivity contribution < 1.29 is 5.11 Å². The van der Waals surface area contributed by atoms with Crippen LogP contribution in [0.3, 0.4) is 0 Å². The van der Waals surface area contributed by atoms with Gasteiger partial charge in [0.1, 0.15) is 18.0 Å². The van der Waals surface area contributed by atoms with E-state index >= 15 is 0 Å². The van der Waals surface area contributed by atoms with Crippen molar-refractivity contribution in [3.63, 3.8) is 0 Å². The number of hydrogen-bond donors (Lipinski definition) is 2. The lowest BCUT2D eigenvalue weighted by Crippen LogP contribution is -2.37. The van der Waals surface area contributed by atoms with E-state index in [1.54, 1.807) is 6.33 Å². The van der Waals surface area contributed by atoms with Crippen molar-refractivity contribution in [2.75, 3.05) is 29.9 Å². The molecule has 0 aromatic carbocycles. The van der Waals surface area contributed by atoms with Crippen molar-refractivity contribution >= 4 is 11.6 Å². The molecule has 0 bridgehead atoms. The van der Waals surface area contributed by atoms with Gasteiger partial charge in [0, 0.05) is 31.8 Å². The molecule has 1 saturated heterocycles. The highest BCUT2D eigenvalue weighted by Crippen LogP contribution is 2.29. The Morgan fingerprint density at radius 2 is 2.00 bits per heavy atom. The Kier molecular flexibility index (Phi) is 5.70. The summed E-state index contributed by atoms with van der Waals surface area (Å²) in [4.78, 5) is 11.1. The van der Waals surface area contributed by atoms with Crippen LogP contribution in [0.15, 0.2) is 12.4 Å². The monoisotopic (exact) mass is 318 g/mol. The van der Waals surface area contributed by atoms with Crippen molar-refractivity contribution in [2.24, 2.45) is 11.8 Å². The zero-order valence-corrected chi connectivity index (χ0v) is 14.2. The molecule has 1 unspecified atom stereocenters. The largest absolute Gasteiger partial charge is 0.396 e. The SMILES string of the molecule is CCC1CCC(Nc2cc(N3CCCC(CO)C3)ncn2)CC1. The number of nitrogens with zero attached hydrogens (tertiary/aromatic N) is 3. The Bertz CT molecular complexity index is 488. The topological polar surface area (TPSA) is 61.3 Å². The number of aliphatic hydroxyl groups excluding tert-OH is 1. The minimum Gasteiger partial charge on any atom is -0.396 e. The first-order chi connectivity index (χ1) is 11.3. The average molecular weight is 318 g/mol. The van der Waals surface area contributed by atoms with Crippen LogP contribution in [0.2, 0.25) is 0 Å². The maximum absolute atomic E-state index is 9.40. The van der Waals surface area contributed by atoms with E-state index in [4.69, 9.17) is 0 Å². The third kappa shape index (κ3) is 4.34. The van der Waals surface area contributed by atoms with Gasteiger partial charge in [0.25, 0.3) is 0 Å². The summed E-state index contributed by atoms with van der Waals surface area (Å²) in [5.41, 5.74) is 0. The molecule has 5 nitrogen and oxygen atoms in total. The van der Waals surface area contributed by atoms with Crippen molar-refractivity contribution in [1.82, 2.24) is 9.97 Å². The van der Waals surface area contributed by atoms with E-state index in [9.17, 15) is 5.11 Å². The van der Waals surface area contributed by atoms with Crippen molar-refractivity contribution in [1.29, 1.82) is 0 Å². The van der Waals surface area contributed by atoms with Gasteiger partial charge in [-0.25, -0.2) is 9.97 Å². The second-order valence-corrected chi connectivity index (χ2v) is 7.17. The summed E-state index contributed by atoms with van der Waals surface area (Å²) in [5.74, 6) is 3.22. The van der Waals surface area contributed by atoms with E-state index < -0.39 is 0 Å². The highest BCUT2D eigenvalue weighted by Gasteiger charge is 2.22. The molecular formula is C18H30N4O. The van der Waals surface area contributed by atoms with Crippen molar-refractivity contribution in [3.05, 3.63) is 12.4 Å². The molecule has 0 spiro atoms. The number of rotatable bonds is 5. The summed E-state index contributed by atoms with van der Waals surface area (Å²) >= 11 is 0. The molecule has 1 aliphatic heterocycles. The zero-order chi connectivity index (χ0) is 16.1. The molecule has 128 valence electrons. The fourth-order valence-electron chi connectivity index (χ4n) is 3.95. The molecule has 3 rings (SSSR count). The molecular weight excluding hydrogens is 288 g/mol. The van der Waals surface area contributed by atoms with Crippen molar-refractivity contribution in [3.8, 4) is 0 Å². The summed E-state index contributed by atoms with van der Waals surface area (Å²) in [6, 6.07) is 2.62. The number of hydrogen-bond acceptors (Lipinski definition) is 5. The normalized spacial score (nSPS) is 28.6. The number of aromatic nitrogens is 2. The Balaban J connectivity index is 1.59. The van der Waals surface area contributed by atoms with Crippen LogP contribution in [-0.2, 0) is 0 Å². The Morgan fingerprint density at radius 1 is 1.17 bits per heavy atom. The van der Waals surface area contributed by atoms with Crippen molar-refractivity contribution in [2.45, 2.75) is 57.9 Å². The molecule has 1 atom stereocenters. The van der Waals surface area contributed by atoms with Crippen LogP contribution in [0.5, 0.6) is 0 Å². The van der Waals surface area contributed by atoms with E-state index in [0.29, 0.717) is 12.0 Å². The van der Waals surface area contributed by atoms with E-state index in [1.807, 2.05) is 0 Å². The first-order valence-corrected chi connectivity index (χ1v) is 9.23. The highest BCUT2D eigenvalue weighted by molar-refractivity contribution is 5.49. The van der Waals surface area contributed by atoms with Gasteiger partial charge < -0.3 is 15.3 Å². The predicted octanol–water partition coefficient (Wildman–Crippen LogP) is 3.07. The fourth-order valence-corrected chi connectivity index (χ4v) is 3.95. The third-order valence-electron chi connectivity index (χ3n) is 5.53. The Labute approximate surface area is 139 Å². The van der Waals surface area contributed by atoms with Gasteiger partial charge in [0.15, 0.2) is 0 Å². The number of piperidine rings is 1. The van der Waals surface area contributed by atoms with Gasteiger partial charge in [0.05, 0.1) is 0 Å². The lowest BCUT2D eigenvalue weighted by Gasteiger charge is -2.33. The predicted molar refractivity (Wildman–Crippen MR) is 93.7 cm³/mol. The molecule has 2 N–H and O–H groups in total. The van der Waals surface area contributed by atoms with Crippen LogP contribution in [0.4, 0.5) is 11.6 Å². The maximum atomic E-state index is 9.40. The van der Waals surface area contributed by atoms with Gasteiger partial charge in [-0.2, -0.15) is 0 Å². The first kappa shape index (κ1) is 16.5. The molecule has 1 aromatic rings. The molecule has 5 heteroatoms. The lowest BCUT2D eigenvalue weighted by atomic mass is 9.84. The minimum atomic E-state index is 0.271. The molecule has 2 fully saturated rings. The fraction of sp³-hybridized carbons (Fsp3) is 0.778. The standard InChI is InChI=1S/C18H30N4O/c1-2-14-5-7-16(8-6-14)21-17-10-18(20-13-19-17)22-9-3-4-15(11-22)12-23/h10,13-16,23H,2-9,11-12H2,1H3,(H,19,20,21). The molecule has 0 radical (unpaired) electrons. The summed E-state index contributed by atoms with van der Waals surface area (Å²) < 4.78 is 0. The molecule has 2 heterocycles. The van der Waals surface area contributed by atoms with Crippen LogP contribution in [0.1, 0.15) is 51.9 Å².